The van der Waals surface area contributed by atoms with E-state index in [1.54, 1.807) is 18.3 Å². The summed E-state index contributed by atoms with van der Waals surface area (Å²) in [6.45, 7) is 2.82. The highest BCUT2D eigenvalue weighted by Gasteiger charge is 2.44. The van der Waals surface area contributed by atoms with Gasteiger partial charge in [0.25, 0.3) is 0 Å². The van der Waals surface area contributed by atoms with Crippen LogP contribution in [-0.2, 0) is 16.0 Å². The zero-order valence-electron chi connectivity index (χ0n) is 14.5. The lowest BCUT2D eigenvalue weighted by molar-refractivity contribution is -0.130. The van der Waals surface area contributed by atoms with Crippen LogP contribution < -0.4 is 5.32 Å². The fraction of sp³-hybridized carbons (Fsp3) is 0.400. The number of ether oxygens (including phenoxy) is 1. The molecule has 0 aliphatic carbocycles. The molecule has 2 aliphatic heterocycles. The van der Waals surface area contributed by atoms with Gasteiger partial charge in [-0.2, -0.15) is 0 Å². The number of aromatic nitrogens is 1. The van der Waals surface area contributed by atoms with E-state index in [9.17, 15) is 9.18 Å². The molecule has 0 bridgehead atoms. The number of pyridine rings is 1. The quantitative estimate of drug-likeness (QED) is 0.895. The van der Waals surface area contributed by atoms with E-state index in [4.69, 9.17) is 4.74 Å². The molecule has 136 valence electrons. The van der Waals surface area contributed by atoms with Gasteiger partial charge in [-0.3, -0.25) is 4.79 Å². The Kier molecular flexibility index (Phi) is 4.84. The molecule has 2 fully saturated rings. The van der Waals surface area contributed by atoms with Crippen molar-refractivity contribution in [3.8, 4) is 0 Å². The minimum atomic E-state index is -0.308. The summed E-state index contributed by atoms with van der Waals surface area (Å²) >= 11 is 0. The number of nitrogens with one attached hydrogen (secondary N) is 1. The van der Waals surface area contributed by atoms with Gasteiger partial charge in [0.1, 0.15) is 11.6 Å². The fourth-order valence-electron chi connectivity index (χ4n) is 3.85. The van der Waals surface area contributed by atoms with Crippen molar-refractivity contribution in [2.45, 2.75) is 12.5 Å². The Bertz CT molecular complexity index is 771. The molecule has 2 aromatic rings. The van der Waals surface area contributed by atoms with Crippen LogP contribution in [0.5, 0.6) is 0 Å². The standard InChI is InChI=1S/C20H22FN3O2/c21-16-5-3-4-14(8-16)9-20(25)24-11-17-15(13-26-18(17)12-24)10-23-19-6-1-2-7-22-19/h1-8,15,17-18H,9-13H2,(H,22,23)/t15-,17+,18+/m1/s1. The van der Waals surface area contributed by atoms with Crippen molar-refractivity contribution in [2.75, 3.05) is 31.6 Å². The van der Waals surface area contributed by atoms with Crippen molar-refractivity contribution in [3.63, 3.8) is 0 Å². The summed E-state index contributed by atoms with van der Waals surface area (Å²) < 4.78 is 19.2. The smallest absolute Gasteiger partial charge is 0.227 e. The number of anilines is 1. The third kappa shape index (κ3) is 3.70. The summed E-state index contributed by atoms with van der Waals surface area (Å²) in [5, 5.41) is 3.35. The fourth-order valence-corrected chi connectivity index (χ4v) is 3.85. The molecule has 0 spiro atoms. The van der Waals surface area contributed by atoms with Crippen LogP contribution in [0.3, 0.4) is 0 Å². The first-order chi connectivity index (χ1) is 12.7. The maximum absolute atomic E-state index is 13.3. The molecule has 1 N–H and O–H groups in total. The number of nitrogens with zero attached hydrogens (tertiary/aromatic N) is 2. The molecule has 0 unspecified atom stereocenters. The topological polar surface area (TPSA) is 54.5 Å². The van der Waals surface area contributed by atoms with Crippen molar-refractivity contribution in [1.82, 2.24) is 9.88 Å². The van der Waals surface area contributed by atoms with Crippen molar-refractivity contribution >= 4 is 11.7 Å². The minimum Gasteiger partial charge on any atom is -0.376 e. The van der Waals surface area contributed by atoms with Gasteiger partial charge in [0.2, 0.25) is 5.91 Å². The molecule has 3 atom stereocenters. The van der Waals surface area contributed by atoms with E-state index in [0.29, 0.717) is 37.1 Å². The second kappa shape index (κ2) is 7.41. The molecule has 1 amide bonds. The highest BCUT2D eigenvalue weighted by Crippen LogP contribution is 2.34. The number of carbonyl (C=O) groups excluding carboxylic acids is 1. The monoisotopic (exact) mass is 355 g/mol. The van der Waals surface area contributed by atoms with Gasteiger partial charge in [0, 0.05) is 37.7 Å². The Morgan fingerprint density at radius 3 is 3.00 bits per heavy atom. The number of amides is 1. The molecule has 4 rings (SSSR count). The van der Waals surface area contributed by atoms with Crippen molar-refractivity contribution in [1.29, 1.82) is 0 Å². The van der Waals surface area contributed by atoms with Crippen LogP contribution >= 0.6 is 0 Å². The molecule has 0 radical (unpaired) electrons. The summed E-state index contributed by atoms with van der Waals surface area (Å²) in [5.41, 5.74) is 0.710. The molecule has 1 aromatic heterocycles. The van der Waals surface area contributed by atoms with E-state index in [-0.39, 0.29) is 24.2 Å². The Labute approximate surface area is 152 Å². The number of rotatable bonds is 5. The highest BCUT2D eigenvalue weighted by atomic mass is 19.1. The zero-order valence-corrected chi connectivity index (χ0v) is 14.5. The third-order valence-corrected chi connectivity index (χ3v) is 5.25. The number of fused-ring (bicyclic) bond motifs is 1. The van der Waals surface area contributed by atoms with Gasteiger partial charge in [-0.05, 0) is 29.8 Å². The van der Waals surface area contributed by atoms with Crippen molar-refractivity contribution in [2.24, 2.45) is 11.8 Å². The van der Waals surface area contributed by atoms with Crippen LogP contribution in [0.1, 0.15) is 5.56 Å². The molecular formula is C20H22FN3O2. The number of hydrogen-bond acceptors (Lipinski definition) is 4. The lowest BCUT2D eigenvalue weighted by Gasteiger charge is -2.20. The van der Waals surface area contributed by atoms with E-state index in [1.165, 1.54) is 12.1 Å². The average molecular weight is 355 g/mol. The Morgan fingerprint density at radius 1 is 1.27 bits per heavy atom. The first-order valence-electron chi connectivity index (χ1n) is 8.98. The van der Waals surface area contributed by atoms with Gasteiger partial charge in [0.05, 0.1) is 19.1 Å². The molecule has 1 aromatic carbocycles. The van der Waals surface area contributed by atoms with Crippen LogP contribution in [0.15, 0.2) is 48.7 Å². The Balaban J connectivity index is 1.33. The van der Waals surface area contributed by atoms with Gasteiger partial charge in [-0.1, -0.05) is 18.2 Å². The van der Waals surface area contributed by atoms with Gasteiger partial charge in [-0.25, -0.2) is 9.37 Å². The van der Waals surface area contributed by atoms with E-state index >= 15 is 0 Å². The van der Waals surface area contributed by atoms with Gasteiger partial charge < -0.3 is 15.0 Å². The number of likely N-dealkylation sites (tertiary alicyclic amines) is 1. The SMILES string of the molecule is O=C(Cc1cccc(F)c1)N1C[C@H]2[C@H](CNc3ccccn3)CO[C@H]2C1. The van der Waals surface area contributed by atoms with Crippen LogP contribution in [-0.4, -0.2) is 48.1 Å². The van der Waals surface area contributed by atoms with E-state index < -0.39 is 0 Å². The van der Waals surface area contributed by atoms with E-state index in [2.05, 4.69) is 10.3 Å². The summed E-state index contributed by atoms with van der Waals surface area (Å²) in [6.07, 6.45) is 2.09. The second-order valence-electron chi connectivity index (χ2n) is 7.00. The lowest BCUT2D eigenvalue weighted by Crippen LogP contribution is -2.33. The first kappa shape index (κ1) is 17.0. The molecular weight excluding hydrogens is 333 g/mol. The maximum Gasteiger partial charge on any atom is 0.227 e. The summed E-state index contributed by atoms with van der Waals surface area (Å²) in [4.78, 5) is 18.7. The molecule has 2 aliphatic rings. The van der Waals surface area contributed by atoms with Crippen molar-refractivity contribution < 1.29 is 13.9 Å². The van der Waals surface area contributed by atoms with Crippen LogP contribution in [0.25, 0.3) is 0 Å². The zero-order chi connectivity index (χ0) is 17.9. The molecule has 2 saturated heterocycles. The maximum atomic E-state index is 13.3. The minimum absolute atomic E-state index is 0.0324. The Hall–Kier alpha value is -2.47. The van der Waals surface area contributed by atoms with Gasteiger partial charge in [-0.15, -0.1) is 0 Å². The average Bonchev–Trinajstić information content (AvgIpc) is 3.22. The molecule has 26 heavy (non-hydrogen) atoms. The predicted molar refractivity (Wildman–Crippen MR) is 96.1 cm³/mol. The van der Waals surface area contributed by atoms with Gasteiger partial charge in [0.15, 0.2) is 0 Å². The van der Waals surface area contributed by atoms with E-state index in [1.807, 2.05) is 23.1 Å². The molecule has 5 nitrogen and oxygen atoms in total. The number of carbonyl (C=O) groups is 1. The number of benzene rings is 1. The first-order valence-corrected chi connectivity index (χ1v) is 8.98. The van der Waals surface area contributed by atoms with Gasteiger partial charge >= 0.3 is 0 Å². The summed E-state index contributed by atoms with van der Waals surface area (Å²) in [5.74, 6) is 1.27. The molecule has 0 saturated carbocycles. The number of hydrogen-bond donors (Lipinski definition) is 1. The largest absolute Gasteiger partial charge is 0.376 e. The number of halogens is 1. The second-order valence-corrected chi connectivity index (χ2v) is 7.00. The lowest BCUT2D eigenvalue weighted by atomic mass is 9.93. The summed E-state index contributed by atoms with van der Waals surface area (Å²) in [6, 6.07) is 12.0. The molecule has 6 heteroatoms. The normalized spacial score (nSPS) is 24.5. The highest BCUT2D eigenvalue weighted by molar-refractivity contribution is 5.79. The third-order valence-electron chi connectivity index (χ3n) is 5.25. The van der Waals surface area contributed by atoms with Crippen molar-refractivity contribution in [3.05, 3.63) is 60.0 Å². The van der Waals surface area contributed by atoms with Crippen LogP contribution in [0.2, 0.25) is 0 Å². The Morgan fingerprint density at radius 2 is 2.19 bits per heavy atom. The molecule has 3 heterocycles. The van der Waals surface area contributed by atoms with Crippen LogP contribution in [0.4, 0.5) is 10.2 Å². The van der Waals surface area contributed by atoms with Crippen LogP contribution in [0, 0.1) is 17.7 Å². The van der Waals surface area contributed by atoms with E-state index in [0.717, 1.165) is 12.4 Å². The predicted octanol–water partition coefficient (Wildman–Crippen LogP) is 2.35. The summed E-state index contributed by atoms with van der Waals surface area (Å²) in [7, 11) is 0.